The predicted molar refractivity (Wildman–Crippen MR) is 192 cm³/mol. The van der Waals surface area contributed by atoms with Crippen molar-refractivity contribution in [2.75, 3.05) is 4.90 Å². The summed E-state index contributed by atoms with van der Waals surface area (Å²) in [6, 6.07) is 45.0. The number of anilines is 3. The maximum atomic E-state index is 11.2. The first-order valence-corrected chi connectivity index (χ1v) is 16.4. The van der Waals surface area contributed by atoms with Crippen LogP contribution in [0.4, 0.5) is 17.1 Å². The second kappa shape index (κ2) is 12.9. The van der Waals surface area contributed by atoms with Gasteiger partial charge in [0.2, 0.25) is 0 Å². The number of aryl methyl sites for hydroxylation is 1. The van der Waals surface area contributed by atoms with Gasteiger partial charge >= 0.3 is 5.97 Å². The average Bonchev–Trinajstić information content (AvgIpc) is 3.76. The molecule has 0 aliphatic rings. The minimum atomic E-state index is -1.25. The zero-order valence-corrected chi connectivity index (χ0v) is 26.8. The SMILES string of the molecule is Cc1cc(-c2ccc(-c3ccc(/C=C(\C#N)C(=O)O)cc3)c3nsnc23)sc1-c1ccc(N(c2ccccc2)c2ccccc2)cc1. The molecule has 2 aromatic heterocycles. The van der Waals surface area contributed by atoms with E-state index in [2.05, 4.69) is 112 Å². The number of thiophene rings is 1. The molecule has 226 valence electrons. The number of para-hydroxylation sites is 2. The molecule has 0 amide bonds. The van der Waals surface area contributed by atoms with Crippen LogP contribution >= 0.6 is 23.1 Å². The van der Waals surface area contributed by atoms with Gasteiger partial charge in [0.15, 0.2) is 0 Å². The van der Waals surface area contributed by atoms with Gasteiger partial charge in [0.05, 0.1) is 11.7 Å². The largest absolute Gasteiger partial charge is 0.477 e. The van der Waals surface area contributed by atoms with E-state index in [9.17, 15) is 4.79 Å². The third kappa shape index (κ3) is 5.93. The number of aromatic nitrogens is 2. The topological polar surface area (TPSA) is 90.1 Å². The van der Waals surface area contributed by atoms with Gasteiger partial charge in [0.1, 0.15) is 22.7 Å². The maximum absolute atomic E-state index is 11.2. The molecule has 5 aromatic carbocycles. The van der Waals surface area contributed by atoms with E-state index in [-0.39, 0.29) is 5.57 Å². The molecule has 6 nitrogen and oxygen atoms in total. The Morgan fingerprint density at radius 2 is 1.30 bits per heavy atom. The Kier molecular flexibility index (Phi) is 8.15. The quantitative estimate of drug-likeness (QED) is 0.131. The van der Waals surface area contributed by atoms with E-state index in [0.29, 0.717) is 5.56 Å². The molecular formula is C39H26N4O2S2. The van der Waals surface area contributed by atoms with Crippen LogP contribution in [0.25, 0.3) is 49.1 Å². The molecule has 0 fully saturated rings. The summed E-state index contributed by atoms with van der Waals surface area (Å²) in [6.07, 6.45) is 1.36. The predicted octanol–water partition coefficient (Wildman–Crippen LogP) is 10.5. The number of carbonyl (C=O) groups is 1. The Bertz CT molecular complexity index is 2240. The first kappa shape index (κ1) is 29.8. The van der Waals surface area contributed by atoms with Gasteiger partial charge in [-0.2, -0.15) is 14.0 Å². The molecule has 0 atom stereocenters. The summed E-state index contributed by atoms with van der Waals surface area (Å²) in [5.74, 6) is -1.25. The van der Waals surface area contributed by atoms with Crippen LogP contribution in [0.3, 0.4) is 0 Å². The number of nitriles is 1. The first-order valence-electron chi connectivity index (χ1n) is 14.8. The van der Waals surface area contributed by atoms with Gasteiger partial charge in [0.25, 0.3) is 0 Å². The molecule has 0 spiro atoms. The highest BCUT2D eigenvalue weighted by Crippen LogP contribution is 2.43. The van der Waals surface area contributed by atoms with Crippen molar-refractivity contribution in [2.45, 2.75) is 6.92 Å². The van der Waals surface area contributed by atoms with Gasteiger partial charge in [-0.1, -0.05) is 84.9 Å². The summed E-state index contributed by atoms with van der Waals surface area (Å²) in [4.78, 5) is 15.8. The van der Waals surface area contributed by atoms with E-state index >= 15 is 0 Å². The lowest BCUT2D eigenvalue weighted by molar-refractivity contribution is -0.132. The third-order valence-corrected chi connectivity index (χ3v) is 9.75. The fraction of sp³-hybridized carbons (Fsp3) is 0.0256. The van der Waals surface area contributed by atoms with Crippen molar-refractivity contribution >= 4 is 63.2 Å². The normalized spacial score (nSPS) is 11.4. The fourth-order valence-corrected chi connectivity index (χ4v) is 7.41. The van der Waals surface area contributed by atoms with Crippen LogP contribution in [0, 0.1) is 18.3 Å². The highest BCUT2D eigenvalue weighted by molar-refractivity contribution is 7.19. The minimum Gasteiger partial charge on any atom is -0.477 e. The van der Waals surface area contributed by atoms with Gasteiger partial charge in [-0.15, -0.1) is 11.3 Å². The van der Waals surface area contributed by atoms with E-state index < -0.39 is 5.97 Å². The summed E-state index contributed by atoms with van der Waals surface area (Å²) < 4.78 is 9.34. The molecule has 47 heavy (non-hydrogen) atoms. The van der Waals surface area contributed by atoms with Crippen LogP contribution in [0.2, 0.25) is 0 Å². The Morgan fingerprint density at radius 3 is 1.89 bits per heavy atom. The molecule has 0 saturated heterocycles. The standard InChI is InChI=1S/C39H26N4O2S2/c1-25-22-35(34-21-20-33(36-37(34)42-47-41-36)27-14-12-26(13-15-27)23-29(24-40)39(44)45)46-38(25)28-16-18-32(19-17-28)43(30-8-4-2-5-9-30)31-10-6-3-7-11-31/h2-23H,1H3,(H,44,45)/b29-23+. The monoisotopic (exact) mass is 646 g/mol. The molecule has 2 heterocycles. The minimum absolute atomic E-state index is 0.309. The second-order valence-electron chi connectivity index (χ2n) is 10.9. The Hall–Kier alpha value is -5.88. The summed E-state index contributed by atoms with van der Waals surface area (Å²) in [6.45, 7) is 2.15. The summed E-state index contributed by atoms with van der Waals surface area (Å²) in [7, 11) is 0. The molecular weight excluding hydrogens is 621 g/mol. The van der Waals surface area contributed by atoms with Crippen LogP contribution in [0.5, 0.6) is 0 Å². The smallest absolute Gasteiger partial charge is 0.346 e. The van der Waals surface area contributed by atoms with Crippen molar-refractivity contribution < 1.29 is 9.90 Å². The van der Waals surface area contributed by atoms with E-state index in [1.165, 1.54) is 28.2 Å². The molecule has 1 N–H and O–H groups in total. The molecule has 0 unspecified atom stereocenters. The van der Waals surface area contributed by atoms with E-state index in [4.69, 9.17) is 10.4 Å². The number of rotatable bonds is 8. The zero-order chi connectivity index (χ0) is 32.3. The number of carboxylic acid groups (broad SMARTS) is 1. The molecule has 0 bridgehead atoms. The van der Waals surface area contributed by atoms with Gasteiger partial charge in [0, 0.05) is 37.9 Å². The molecule has 0 radical (unpaired) electrons. The number of carboxylic acids is 1. The van der Waals surface area contributed by atoms with Crippen molar-refractivity contribution in [1.82, 2.24) is 8.75 Å². The summed E-state index contributed by atoms with van der Waals surface area (Å²) in [5.41, 5.74) is 10.5. The number of hydrogen-bond acceptors (Lipinski definition) is 7. The van der Waals surface area contributed by atoms with Gasteiger partial charge in [-0.25, -0.2) is 4.79 Å². The molecule has 8 heteroatoms. The molecule has 0 saturated carbocycles. The highest BCUT2D eigenvalue weighted by Gasteiger charge is 2.18. The number of fused-ring (bicyclic) bond motifs is 1. The number of benzene rings is 5. The highest BCUT2D eigenvalue weighted by atomic mass is 32.1. The van der Waals surface area contributed by atoms with Crippen molar-refractivity contribution in [1.29, 1.82) is 5.26 Å². The lowest BCUT2D eigenvalue weighted by atomic mass is 9.99. The van der Waals surface area contributed by atoms with E-state index in [1.807, 2.05) is 24.3 Å². The van der Waals surface area contributed by atoms with Crippen molar-refractivity contribution in [3.05, 3.63) is 144 Å². The Labute approximate surface area is 280 Å². The molecule has 0 aliphatic carbocycles. The van der Waals surface area contributed by atoms with Gasteiger partial charge < -0.3 is 10.0 Å². The van der Waals surface area contributed by atoms with Crippen molar-refractivity contribution in [2.24, 2.45) is 0 Å². The third-order valence-electron chi connectivity index (χ3n) is 7.90. The lowest BCUT2D eigenvalue weighted by Crippen LogP contribution is -2.09. The van der Waals surface area contributed by atoms with Crippen LogP contribution in [-0.2, 0) is 4.79 Å². The van der Waals surface area contributed by atoms with Crippen LogP contribution in [0.1, 0.15) is 11.1 Å². The average molecular weight is 647 g/mol. The molecule has 7 aromatic rings. The Balaban J connectivity index is 1.20. The van der Waals surface area contributed by atoms with E-state index in [1.54, 1.807) is 29.5 Å². The van der Waals surface area contributed by atoms with Crippen molar-refractivity contribution in [3.63, 3.8) is 0 Å². The number of hydrogen-bond donors (Lipinski definition) is 1. The lowest BCUT2D eigenvalue weighted by Gasteiger charge is -2.25. The fourth-order valence-electron chi connectivity index (χ4n) is 5.63. The van der Waals surface area contributed by atoms with Crippen LogP contribution in [-0.4, -0.2) is 19.8 Å². The van der Waals surface area contributed by atoms with Crippen molar-refractivity contribution in [3.8, 4) is 38.1 Å². The van der Waals surface area contributed by atoms with Crippen LogP contribution < -0.4 is 4.90 Å². The molecule has 0 aliphatic heterocycles. The zero-order valence-electron chi connectivity index (χ0n) is 25.2. The first-order chi connectivity index (χ1) is 23.0. The van der Waals surface area contributed by atoms with E-state index in [0.717, 1.165) is 55.2 Å². The number of nitrogens with zero attached hydrogens (tertiary/aromatic N) is 4. The summed E-state index contributed by atoms with van der Waals surface area (Å²) >= 11 is 2.93. The summed E-state index contributed by atoms with van der Waals surface area (Å²) in [5, 5.41) is 18.3. The Morgan fingerprint density at radius 1 is 0.745 bits per heavy atom. The van der Waals surface area contributed by atoms with Crippen LogP contribution in [0.15, 0.2) is 133 Å². The second-order valence-corrected chi connectivity index (χ2v) is 12.5. The van der Waals surface area contributed by atoms with Gasteiger partial charge in [-0.05, 0) is 77.7 Å². The number of aliphatic carboxylic acids is 1. The molecule has 7 rings (SSSR count). The van der Waals surface area contributed by atoms with Gasteiger partial charge in [-0.3, -0.25) is 0 Å². The maximum Gasteiger partial charge on any atom is 0.346 e.